The first kappa shape index (κ1) is 22.7. The van der Waals surface area contributed by atoms with Gasteiger partial charge in [0.2, 0.25) is 0 Å². The number of pyridine rings is 1. The lowest BCUT2D eigenvalue weighted by Gasteiger charge is -2.23. The summed E-state index contributed by atoms with van der Waals surface area (Å²) >= 11 is 0. The van der Waals surface area contributed by atoms with Gasteiger partial charge in [-0.05, 0) is 41.1 Å². The zero-order chi connectivity index (χ0) is 23.2. The highest BCUT2D eigenvalue weighted by atomic mass is 16.5. The first-order valence-electron chi connectivity index (χ1n) is 10.9. The predicted octanol–water partition coefficient (Wildman–Crippen LogP) is 4.80. The molecule has 1 amide bonds. The van der Waals surface area contributed by atoms with Gasteiger partial charge in [-0.25, -0.2) is 4.98 Å². The molecule has 0 fully saturated rings. The Balaban J connectivity index is 1.79. The molecule has 0 N–H and O–H groups in total. The van der Waals surface area contributed by atoms with Crippen LogP contribution in [0.25, 0.3) is 32.9 Å². The number of carbonyl (C=O) groups is 1. The van der Waals surface area contributed by atoms with Crippen LogP contribution in [-0.4, -0.2) is 63.4 Å². The van der Waals surface area contributed by atoms with E-state index in [4.69, 9.17) is 19.2 Å². The number of methoxy groups -OCH3 is 3. The number of fused-ring (bicyclic) bond motifs is 2. The Morgan fingerprint density at radius 3 is 2.27 bits per heavy atom. The van der Waals surface area contributed by atoms with Crippen LogP contribution >= 0.6 is 0 Å². The Kier molecular flexibility index (Phi) is 7.17. The molecule has 0 saturated carbocycles. The Hall–Kier alpha value is -3.48. The van der Waals surface area contributed by atoms with Gasteiger partial charge in [0.15, 0.2) is 0 Å². The summed E-state index contributed by atoms with van der Waals surface area (Å²) in [5.41, 5.74) is 3.12. The average molecular weight is 445 g/mol. The molecule has 6 nitrogen and oxygen atoms in total. The monoisotopic (exact) mass is 444 g/mol. The quantitative estimate of drug-likeness (QED) is 0.371. The summed E-state index contributed by atoms with van der Waals surface area (Å²) < 4.78 is 15.8. The van der Waals surface area contributed by atoms with E-state index in [0.717, 1.165) is 38.7 Å². The van der Waals surface area contributed by atoms with Gasteiger partial charge >= 0.3 is 0 Å². The maximum atomic E-state index is 13.6. The molecule has 3 aromatic carbocycles. The molecule has 33 heavy (non-hydrogen) atoms. The van der Waals surface area contributed by atoms with Gasteiger partial charge in [-0.15, -0.1) is 0 Å². The zero-order valence-electron chi connectivity index (χ0n) is 19.2. The standard InChI is InChI=1S/C27H28N2O4/c1-31-14-12-29(13-15-32-2)27(30)24-18-26(28-25-7-5-4-6-23(24)25)21-9-8-20-17-22(33-3)11-10-19(20)16-21/h4-11,16-18H,12-15H2,1-3H3. The van der Waals surface area contributed by atoms with Crippen LogP contribution in [0.5, 0.6) is 5.75 Å². The molecule has 4 rings (SSSR count). The lowest BCUT2D eigenvalue weighted by Crippen LogP contribution is -2.36. The van der Waals surface area contributed by atoms with Crippen LogP contribution in [0.2, 0.25) is 0 Å². The van der Waals surface area contributed by atoms with Crippen molar-refractivity contribution in [1.29, 1.82) is 0 Å². The summed E-state index contributed by atoms with van der Waals surface area (Å²) in [7, 11) is 4.93. The lowest BCUT2D eigenvalue weighted by molar-refractivity contribution is 0.0629. The van der Waals surface area contributed by atoms with Crippen LogP contribution in [0.15, 0.2) is 66.7 Å². The molecular weight excluding hydrogens is 416 g/mol. The van der Waals surface area contributed by atoms with Crippen molar-refractivity contribution in [2.45, 2.75) is 0 Å². The molecule has 0 spiro atoms. The van der Waals surface area contributed by atoms with E-state index < -0.39 is 0 Å². The molecule has 0 unspecified atom stereocenters. The minimum Gasteiger partial charge on any atom is -0.497 e. The summed E-state index contributed by atoms with van der Waals surface area (Å²) in [6.45, 7) is 1.89. The summed E-state index contributed by atoms with van der Waals surface area (Å²) in [5.74, 6) is 0.758. The molecule has 0 aliphatic carbocycles. The van der Waals surface area contributed by atoms with E-state index >= 15 is 0 Å². The second-order valence-corrected chi connectivity index (χ2v) is 7.78. The van der Waals surface area contributed by atoms with E-state index in [-0.39, 0.29) is 5.91 Å². The van der Waals surface area contributed by atoms with E-state index in [1.54, 1.807) is 26.2 Å². The summed E-state index contributed by atoms with van der Waals surface area (Å²) in [4.78, 5) is 20.2. The predicted molar refractivity (Wildman–Crippen MR) is 131 cm³/mol. The van der Waals surface area contributed by atoms with Crippen LogP contribution in [0.3, 0.4) is 0 Å². The van der Waals surface area contributed by atoms with Gasteiger partial charge in [0, 0.05) is 38.3 Å². The molecule has 0 radical (unpaired) electrons. The molecule has 0 atom stereocenters. The van der Waals surface area contributed by atoms with Crippen LogP contribution < -0.4 is 4.74 Å². The van der Waals surface area contributed by atoms with Crippen LogP contribution in [0.4, 0.5) is 0 Å². The molecule has 0 aliphatic rings. The van der Waals surface area contributed by atoms with Gasteiger partial charge in [-0.3, -0.25) is 4.79 Å². The molecule has 1 aromatic heterocycles. The van der Waals surface area contributed by atoms with Crippen molar-refractivity contribution >= 4 is 27.6 Å². The highest BCUT2D eigenvalue weighted by molar-refractivity contribution is 6.07. The summed E-state index contributed by atoms with van der Waals surface area (Å²) in [6, 6.07) is 21.8. The van der Waals surface area contributed by atoms with E-state index in [1.165, 1.54) is 0 Å². The molecule has 0 bridgehead atoms. The van der Waals surface area contributed by atoms with Crippen molar-refractivity contribution in [3.8, 4) is 17.0 Å². The van der Waals surface area contributed by atoms with Gasteiger partial charge in [-0.2, -0.15) is 0 Å². The van der Waals surface area contributed by atoms with Gasteiger partial charge < -0.3 is 19.1 Å². The summed E-state index contributed by atoms with van der Waals surface area (Å²) in [5, 5.41) is 3.00. The Morgan fingerprint density at radius 1 is 0.848 bits per heavy atom. The number of rotatable bonds is 9. The number of amides is 1. The number of hydrogen-bond donors (Lipinski definition) is 0. The smallest absolute Gasteiger partial charge is 0.254 e. The normalized spacial score (nSPS) is 11.1. The molecule has 0 saturated heterocycles. The van der Waals surface area contributed by atoms with Crippen molar-refractivity contribution in [3.63, 3.8) is 0 Å². The van der Waals surface area contributed by atoms with Crippen molar-refractivity contribution in [1.82, 2.24) is 9.88 Å². The van der Waals surface area contributed by atoms with Crippen LogP contribution in [0.1, 0.15) is 10.4 Å². The van der Waals surface area contributed by atoms with Gasteiger partial charge in [0.25, 0.3) is 5.91 Å². The minimum absolute atomic E-state index is 0.0607. The average Bonchev–Trinajstić information content (AvgIpc) is 2.87. The highest BCUT2D eigenvalue weighted by Crippen LogP contribution is 2.29. The maximum absolute atomic E-state index is 13.6. The number of benzene rings is 3. The summed E-state index contributed by atoms with van der Waals surface area (Å²) in [6.07, 6.45) is 0. The number of hydrogen-bond acceptors (Lipinski definition) is 5. The number of nitrogens with zero attached hydrogens (tertiary/aromatic N) is 2. The second kappa shape index (κ2) is 10.4. The number of para-hydroxylation sites is 1. The SMILES string of the molecule is COCCN(CCOC)C(=O)c1cc(-c2ccc3cc(OC)ccc3c2)nc2ccccc12. The fourth-order valence-electron chi connectivity index (χ4n) is 3.90. The number of ether oxygens (including phenoxy) is 3. The fourth-order valence-corrected chi connectivity index (χ4v) is 3.90. The number of carbonyl (C=O) groups excluding carboxylic acids is 1. The van der Waals surface area contributed by atoms with E-state index in [0.29, 0.717) is 31.9 Å². The molecule has 170 valence electrons. The van der Waals surface area contributed by atoms with Crippen LogP contribution in [-0.2, 0) is 9.47 Å². The van der Waals surface area contributed by atoms with E-state index in [9.17, 15) is 4.79 Å². The maximum Gasteiger partial charge on any atom is 0.254 e. The van der Waals surface area contributed by atoms with Crippen molar-refractivity contribution in [2.75, 3.05) is 47.6 Å². The molecule has 6 heteroatoms. The molecule has 1 heterocycles. The third-order valence-corrected chi connectivity index (χ3v) is 5.71. The second-order valence-electron chi connectivity index (χ2n) is 7.78. The molecule has 0 aliphatic heterocycles. The zero-order valence-corrected chi connectivity index (χ0v) is 19.2. The molecule has 4 aromatic rings. The largest absolute Gasteiger partial charge is 0.497 e. The third kappa shape index (κ3) is 4.97. The van der Waals surface area contributed by atoms with Gasteiger partial charge in [0.1, 0.15) is 5.75 Å². The van der Waals surface area contributed by atoms with Gasteiger partial charge in [0.05, 0.1) is 37.1 Å². The van der Waals surface area contributed by atoms with Crippen LogP contribution in [0, 0.1) is 0 Å². The topological polar surface area (TPSA) is 60.9 Å². The fraction of sp³-hybridized carbons (Fsp3) is 0.259. The minimum atomic E-state index is -0.0607. The Labute approximate surface area is 193 Å². The van der Waals surface area contributed by atoms with Crippen molar-refractivity contribution in [2.24, 2.45) is 0 Å². The van der Waals surface area contributed by atoms with Crippen molar-refractivity contribution < 1.29 is 19.0 Å². The lowest BCUT2D eigenvalue weighted by atomic mass is 10.0. The Bertz CT molecular complexity index is 1260. The van der Waals surface area contributed by atoms with E-state index in [1.807, 2.05) is 54.6 Å². The number of aromatic nitrogens is 1. The highest BCUT2D eigenvalue weighted by Gasteiger charge is 2.20. The Morgan fingerprint density at radius 2 is 1.55 bits per heavy atom. The third-order valence-electron chi connectivity index (χ3n) is 5.71. The van der Waals surface area contributed by atoms with Crippen molar-refractivity contribution in [3.05, 3.63) is 72.3 Å². The van der Waals surface area contributed by atoms with Gasteiger partial charge in [-0.1, -0.05) is 36.4 Å². The molecular formula is C27H28N2O4. The first-order chi connectivity index (χ1) is 16.1. The van der Waals surface area contributed by atoms with E-state index in [2.05, 4.69) is 12.1 Å². The first-order valence-corrected chi connectivity index (χ1v) is 10.9.